The van der Waals surface area contributed by atoms with Crippen LogP contribution in [0.2, 0.25) is 0 Å². The predicted molar refractivity (Wildman–Crippen MR) is 38.8 cm³/mol. The first kappa shape index (κ1) is 7.73. The smallest absolute Gasteiger partial charge is 0.122 e. The van der Waals surface area contributed by atoms with Crippen LogP contribution in [0.4, 0.5) is 0 Å². The van der Waals surface area contributed by atoms with Crippen LogP contribution >= 0.6 is 0 Å². The second kappa shape index (κ2) is 4.45. The third-order valence-electron chi connectivity index (χ3n) is 1.75. The van der Waals surface area contributed by atoms with Crippen molar-refractivity contribution in [1.82, 2.24) is 0 Å². The molecule has 0 atom stereocenters. The lowest BCUT2D eigenvalue weighted by Gasteiger charge is -1.98. The molecule has 1 rings (SSSR count). The van der Waals surface area contributed by atoms with Crippen molar-refractivity contribution >= 4 is 6.29 Å². The summed E-state index contributed by atoms with van der Waals surface area (Å²) in [6.07, 6.45) is 5.41. The van der Waals surface area contributed by atoms with E-state index >= 15 is 0 Å². The minimum absolute atomic E-state index is 0.546. The van der Waals surface area contributed by atoms with Gasteiger partial charge in [0.1, 0.15) is 6.29 Å². The van der Waals surface area contributed by atoms with Crippen LogP contribution in [0, 0.1) is 5.92 Å². The van der Waals surface area contributed by atoms with E-state index in [4.69, 9.17) is 4.74 Å². The van der Waals surface area contributed by atoms with Gasteiger partial charge in [-0.05, 0) is 12.3 Å². The zero-order valence-corrected chi connectivity index (χ0v) is 6.21. The van der Waals surface area contributed by atoms with Crippen LogP contribution in [-0.2, 0) is 9.53 Å². The van der Waals surface area contributed by atoms with Crippen molar-refractivity contribution in [1.29, 1.82) is 0 Å². The van der Waals surface area contributed by atoms with Crippen molar-refractivity contribution in [3.8, 4) is 0 Å². The Morgan fingerprint density at radius 1 is 1.40 bits per heavy atom. The Labute approximate surface area is 61.6 Å². The van der Waals surface area contributed by atoms with Gasteiger partial charge < -0.3 is 9.53 Å². The van der Waals surface area contributed by atoms with Gasteiger partial charge in [-0.25, -0.2) is 0 Å². The second-order valence-corrected chi connectivity index (χ2v) is 2.80. The summed E-state index contributed by atoms with van der Waals surface area (Å²) in [5.74, 6) is 0.941. The van der Waals surface area contributed by atoms with Crippen molar-refractivity contribution in [2.24, 2.45) is 5.92 Å². The zero-order valence-electron chi connectivity index (χ0n) is 6.21. The number of carbonyl (C=O) groups is 1. The molecule has 0 amide bonds. The van der Waals surface area contributed by atoms with Gasteiger partial charge in [0.2, 0.25) is 0 Å². The molecule has 58 valence electrons. The largest absolute Gasteiger partial charge is 0.381 e. The zero-order chi connectivity index (χ0) is 7.23. The molecule has 1 fully saturated rings. The quantitative estimate of drug-likeness (QED) is 0.414. The summed E-state index contributed by atoms with van der Waals surface area (Å²) in [7, 11) is 0. The molecule has 0 unspecified atom stereocenters. The van der Waals surface area contributed by atoms with Crippen LogP contribution in [0.3, 0.4) is 0 Å². The molecular formula is C8H14O2. The summed E-state index contributed by atoms with van der Waals surface area (Å²) < 4.78 is 5.19. The number of aldehydes is 1. The van der Waals surface area contributed by atoms with Gasteiger partial charge in [-0.15, -0.1) is 0 Å². The van der Waals surface area contributed by atoms with E-state index in [9.17, 15) is 4.79 Å². The Hall–Kier alpha value is -0.370. The topological polar surface area (TPSA) is 26.3 Å². The predicted octanol–water partition coefficient (Wildman–Crippen LogP) is 1.39. The number of hydrogen-bond donors (Lipinski definition) is 0. The Balaban J connectivity index is 1.72. The SMILES string of the molecule is O=CCCOCCC1CC1. The van der Waals surface area contributed by atoms with Gasteiger partial charge in [0.15, 0.2) is 0 Å². The number of ether oxygens (including phenoxy) is 1. The average molecular weight is 142 g/mol. The summed E-state index contributed by atoms with van der Waals surface area (Å²) in [5.41, 5.74) is 0. The molecule has 0 aromatic rings. The Morgan fingerprint density at radius 2 is 2.20 bits per heavy atom. The van der Waals surface area contributed by atoms with Gasteiger partial charge in [-0.3, -0.25) is 0 Å². The van der Waals surface area contributed by atoms with Crippen LogP contribution in [0.15, 0.2) is 0 Å². The lowest BCUT2D eigenvalue weighted by atomic mass is 10.3. The van der Waals surface area contributed by atoms with Crippen LogP contribution in [0.25, 0.3) is 0 Å². The van der Waals surface area contributed by atoms with Crippen molar-refractivity contribution in [2.75, 3.05) is 13.2 Å². The third-order valence-corrected chi connectivity index (χ3v) is 1.75. The van der Waals surface area contributed by atoms with Gasteiger partial charge in [-0.2, -0.15) is 0 Å². The van der Waals surface area contributed by atoms with E-state index < -0.39 is 0 Å². The van der Waals surface area contributed by atoms with Gasteiger partial charge in [0.25, 0.3) is 0 Å². The Bertz CT molecular complexity index is 97.4. The summed E-state index contributed by atoms with van der Waals surface area (Å²) in [4.78, 5) is 9.83. The van der Waals surface area contributed by atoms with Gasteiger partial charge in [0, 0.05) is 13.0 Å². The number of carbonyl (C=O) groups excluding carboxylic acids is 1. The van der Waals surface area contributed by atoms with E-state index in [2.05, 4.69) is 0 Å². The van der Waals surface area contributed by atoms with Crippen molar-refractivity contribution in [3.63, 3.8) is 0 Å². The molecule has 0 spiro atoms. The fraction of sp³-hybridized carbons (Fsp3) is 0.875. The fourth-order valence-corrected chi connectivity index (χ4v) is 0.890. The number of rotatable bonds is 6. The molecule has 0 bridgehead atoms. The molecule has 1 aliphatic rings. The van der Waals surface area contributed by atoms with E-state index in [1.165, 1.54) is 19.3 Å². The molecule has 1 aliphatic carbocycles. The summed E-state index contributed by atoms with van der Waals surface area (Å²) in [5, 5.41) is 0. The molecule has 0 aromatic carbocycles. The number of hydrogen-bond acceptors (Lipinski definition) is 2. The lowest BCUT2D eigenvalue weighted by molar-refractivity contribution is -0.108. The molecule has 0 aliphatic heterocycles. The molecule has 0 aromatic heterocycles. The van der Waals surface area contributed by atoms with Crippen LogP contribution < -0.4 is 0 Å². The highest BCUT2D eigenvalue weighted by atomic mass is 16.5. The van der Waals surface area contributed by atoms with E-state index in [1.54, 1.807) is 0 Å². The Morgan fingerprint density at radius 3 is 2.80 bits per heavy atom. The molecule has 0 radical (unpaired) electrons. The molecule has 0 heterocycles. The maximum atomic E-state index is 9.83. The normalized spacial score (nSPS) is 17.2. The third kappa shape index (κ3) is 3.62. The average Bonchev–Trinajstić information content (AvgIpc) is 2.71. The summed E-state index contributed by atoms with van der Waals surface area (Å²) >= 11 is 0. The highest BCUT2D eigenvalue weighted by Crippen LogP contribution is 2.31. The van der Waals surface area contributed by atoms with E-state index in [0.29, 0.717) is 13.0 Å². The first-order valence-electron chi connectivity index (χ1n) is 3.95. The van der Waals surface area contributed by atoms with Gasteiger partial charge in [0.05, 0.1) is 6.61 Å². The van der Waals surface area contributed by atoms with Crippen LogP contribution in [0.1, 0.15) is 25.7 Å². The molecule has 2 nitrogen and oxygen atoms in total. The van der Waals surface area contributed by atoms with Crippen molar-refractivity contribution in [2.45, 2.75) is 25.7 Å². The van der Waals surface area contributed by atoms with E-state index in [-0.39, 0.29) is 0 Å². The summed E-state index contributed by atoms with van der Waals surface area (Å²) in [6.45, 7) is 1.45. The fourth-order valence-electron chi connectivity index (χ4n) is 0.890. The molecule has 0 N–H and O–H groups in total. The molecule has 0 saturated heterocycles. The maximum absolute atomic E-state index is 9.83. The highest BCUT2D eigenvalue weighted by Gasteiger charge is 2.20. The van der Waals surface area contributed by atoms with Gasteiger partial charge >= 0.3 is 0 Å². The first-order chi connectivity index (χ1) is 4.93. The van der Waals surface area contributed by atoms with Crippen molar-refractivity contribution in [3.05, 3.63) is 0 Å². The lowest BCUT2D eigenvalue weighted by Crippen LogP contribution is -1.97. The monoisotopic (exact) mass is 142 g/mol. The van der Waals surface area contributed by atoms with Crippen LogP contribution in [-0.4, -0.2) is 19.5 Å². The first-order valence-corrected chi connectivity index (χ1v) is 3.95. The molecule has 1 saturated carbocycles. The van der Waals surface area contributed by atoms with E-state index in [0.717, 1.165) is 18.8 Å². The Kier molecular flexibility index (Phi) is 3.44. The molecule has 10 heavy (non-hydrogen) atoms. The van der Waals surface area contributed by atoms with Gasteiger partial charge in [-0.1, -0.05) is 12.8 Å². The molecular weight excluding hydrogens is 128 g/mol. The van der Waals surface area contributed by atoms with E-state index in [1.807, 2.05) is 0 Å². The second-order valence-electron chi connectivity index (χ2n) is 2.80. The minimum atomic E-state index is 0.546. The molecule has 2 heteroatoms. The standard InChI is InChI=1S/C8H14O2/c9-5-1-6-10-7-4-8-2-3-8/h5,8H,1-4,6-7H2. The minimum Gasteiger partial charge on any atom is -0.381 e. The van der Waals surface area contributed by atoms with Crippen molar-refractivity contribution < 1.29 is 9.53 Å². The summed E-state index contributed by atoms with van der Waals surface area (Å²) in [6, 6.07) is 0. The van der Waals surface area contributed by atoms with Crippen LogP contribution in [0.5, 0.6) is 0 Å². The maximum Gasteiger partial charge on any atom is 0.122 e. The highest BCUT2D eigenvalue weighted by molar-refractivity contribution is 5.49.